The minimum Gasteiger partial charge on any atom is -0.492 e. The van der Waals surface area contributed by atoms with Crippen LogP contribution in [0.25, 0.3) is 0 Å². The van der Waals surface area contributed by atoms with Crippen LogP contribution >= 0.6 is 23.2 Å². The maximum atomic E-state index is 6.43. The molecule has 140 valence electrons. The Morgan fingerprint density at radius 3 is 2.54 bits per heavy atom. The van der Waals surface area contributed by atoms with Crippen LogP contribution in [0.5, 0.6) is 5.75 Å². The van der Waals surface area contributed by atoms with E-state index in [1.807, 2.05) is 24.3 Å². The van der Waals surface area contributed by atoms with Crippen molar-refractivity contribution >= 4 is 23.2 Å². The number of nitrogens with zero attached hydrogens (tertiary/aromatic N) is 1. The van der Waals surface area contributed by atoms with Crippen LogP contribution in [0, 0.1) is 0 Å². The maximum absolute atomic E-state index is 6.43. The first-order valence-corrected chi connectivity index (χ1v) is 10.0. The first-order chi connectivity index (χ1) is 12.6. The highest BCUT2D eigenvalue weighted by molar-refractivity contribution is 6.36. The van der Waals surface area contributed by atoms with Crippen LogP contribution in [0.15, 0.2) is 36.4 Å². The summed E-state index contributed by atoms with van der Waals surface area (Å²) >= 11 is 12.9. The predicted molar refractivity (Wildman–Crippen MR) is 110 cm³/mol. The molecule has 0 radical (unpaired) electrons. The largest absolute Gasteiger partial charge is 0.492 e. The zero-order valence-corrected chi connectivity index (χ0v) is 16.9. The SMILES string of the molecule is CCN(CC)CCOc1ccc2c(c1)CCNC2c1c(Cl)cccc1Cl. The average molecular weight is 393 g/mol. The van der Waals surface area contributed by atoms with E-state index in [1.165, 1.54) is 11.1 Å². The predicted octanol–water partition coefficient (Wildman–Crippen LogP) is 4.95. The Bertz CT molecular complexity index is 727. The van der Waals surface area contributed by atoms with Crippen LogP contribution in [-0.2, 0) is 6.42 Å². The van der Waals surface area contributed by atoms with E-state index in [4.69, 9.17) is 27.9 Å². The second-order valence-electron chi connectivity index (χ2n) is 6.51. The Kier molecular flexibility index (Phi) is 6.82. The number of fused-ring (bicyclic) bond motifs is 1. The van der Waals surface area contributed by atoms with Gasteiger partial charge in [0, 0.05) is 28.7 Å². The zero-order chi connectivity index (χ0) is 18.5. The minimum absolute atomic E-state index is 0.0182. The van der Waals surface area contributed by atoms with Gasteiger partial charge in [-0.15, -0.1) is 0 Å². The molecule has 1 aliphatic rings. The summed E-state index contributed by atoms with van der Waals surface area (Å²) in [5, 5.41) is 4.94. The summed E-state index contributed by atoms with van der Waals surface area (Å²) in [6.07, 6.45) is 0.973. The Hall–Kier alpha value is -1.26. The third kappa shape index (κ3) is 4.34. The van der Waals surface area contributed by atoms with Crippen molar-refractivity contribution < 1.29 is 4.74 Å². The summed E-state index contributed by atoms with van der Waals surface area (Å²) in [6, 6.07) is 12.0. The Labute approximate surface area is 166 Å². The number of nitrogens with one attached hydrogen (secondary N) is 1. The summed E-state index contributed by atoms with van der Waals surface area (Å²) in [5.74, 6) is 0.932. The molecule has 0 bridgehead atoms. The van der Waals surface area contributed by atoms with E-state index >= 15 is 0 Å². The second kappa shape index (κ2) is 9.09. The normalized spacial score (nSPS) is 16.6. The molecule has 1 N–H and O–H groups in total. The van der Waals surface area contributed by atoms with Crippen LogP contribution < -0.4 is 10.1 Å². The van der Waals surface area contributed by atoms with Crippen LogP contribution in [0.2, 0.25) is 10.0 Å². The Balaban J connectivity index is 1.77. The summed E-state index contributed by atoms with van der Waals surface area (Å²) in [6.45, 7) is 9.00. The Morgan fingerprint density at radius 1 is 1.12 bits per heavy atom. The van der Waals surface area contributed by atoms with E-state index in [9.17, 15) is 0 Å². The zero-order valence-electron chi connectivity index (χ0n) is 15.4. The molecule has 26 heavy (non-hydrogen) atoms. The molecule has 0 aliphatic carbocycles. The van der Waals surface area contributed by atoms with Gasteiger partial charge in [-0.05, 0) is 54.9 Å². The number of likely N-dealkylation sites (N-methyl/N-ethyl adjacent to an activating group) is 1. The lowest BCUT2D eigenvalue weighted by Gasteiger charge is -2.29. The van der Waals surface area contributed by atoms with Crippen molar-refractivity contribution in [3.8, 4) is 5.75 Å². The molecule has 2 aromatic carbocycles. The maximum Gasteiger partial charge on any atom is 0.119 e. The van der Waals surface area contributed by atoms with E-state index < -0.39 is 0 Å². The minimum atomic E-state index is 0.0182. The summed E-state index contributed by atoms with van der Waals surface area (Å²) < 4.78 is 5.98. The molecule has 1 unspecified atom stereocenters. The Morgan fingerprint density at radius 2 is 1.85 bits per heavy atom. The van der Waals surface area contributed by atoms with Gasteiger partial charge in [0.25, 0.3) is 0 Å². The molecule has 0 saturated carbocycles. The van der Waals surface area contributed by atoms with Gasteiger partial charge < -0.3 is 15.0 Å². The third-order valence-electron chi connectivity index (χ3n) is 5.03. The van der Waals surface area contributed by atoms with Gasteiger partial charge in [0.2, 0.25) is 0 Å². The van der Waals surface area contributed by atoms with E-state index in [0.29, 0.717) is 16.7 Å². The quantitative estimate of drug-likeness (QED) is 0.721. The molecule has 1 heterocycles. The number of halogens is 2. The van der Waals surface area contributed by atoms with Gasteiger partial charge >= 0.3 is 0 Å². The molecule has 2 aromatic rings. The first kappa shape index (κ1) is 19.5. The van der Waals surface area contributed by atoms with Gasteiger partial charge in [0.15, 0.2) is 0 Å². The van der Waals surface area contributed by atoms with Gasteiger partial charge in [-0.1, -0.05) is 49.2 Å². The van der Waals surface area contributed by atoms with E-state index in [1.54, 1.807) is 0 Å². The van der Waals surface area contributed by atoms with E-state index in [-0.39, 0.29) is 6.04 Å². The molecular formula is C21H26Cl2N2O. The molecule has 0 fully saturated rings. The van der Waals surface area contributed by atoms with Crippen molar-refractivity contribution in [1.82, 2.24) is 10.2 Å². The molecular weight excluding hydrogens is 367 g/mol. The third-order valence-corrected chi connectivity index (χ3v) is 5.69. The summed E-state index contributed by atoms with van der Waals surface area (Å²) in [4.78, 5) is 2.36. The highest BCUT2D eigenvalue weighted by Gasteiger charge is 2.25. The van der Waals surface area contributed by atoms with Crippen molar-refractivity contribution in [2.24, 2.45) is 0 Å². The monoisotopic (exact) mass is 392 g/mol. The molecule has 3 nitrogen and oxygen atoms in total. The molecule has 0 aromatic heterocycles. The van der Waals surface area contributed by atoms with Gasteiger partial charge in [-0.3, -0.25) is 0 Å². The number of rotatable bonds is 7. The standard InChI is InChI=1S/C21H26Cl2N2O/c1-3-25(4-2)12-13-26-16-8-9-17-15(14-16)10-11-24-21(17)20-18(22)6-5-7-19(20)23/h5-9,14,21,24H,3-4,10-13H2,1-2H3. The number of hydrogen-bond donors (Lipinski definition) is 1. The molecule has 1 atom stereocenters. The van der Waals surface area contributed by atoms with Gasteiger partial charge in [0.1, 0.15) is 12.4 Å². The van der Waals surface area contributed by atoms with Crippen molar-refractivity contribution in [1.29, 1.82) is 0 Å². The van der Waals surface area contributed by atoms with E-state index in [0.717, 1.165) is 43.9 Å². The fraction of sp³-hybridized carbons (Fsp3) is 0.429. The average Bonchev–Trinajstić information content (AvgIpc) is 2.65. The highest BCUT2D eigenvalue weighted by Crippen LogP contribution is 2.38. The van der Waals surface area contributed by atoms with Crippen LogP contribution in [0.3, 0.4) is 0 Å². The van der Waals surface area contributed by atoms with Crippen LogP contribution in [0.1, 0.15) is 36.6 Å². The molecule has 0 spiro atoms. The molecule has 0 saturated heterocycles. The molecule has 5 heteroatoms. The second-order valence-corrected chi connectivity index (χ2v) is 7.32. The molecule has 3 rings (SSSR count). The fourth-order valence-electron chi connectivity index (χ4n) is 3.51. The first-order valence-electron chi connectivity index (χ1n) is 9.29. The van der Waals surface area contributed by atoms with Crippen LogP contribution in [-0.4, -0.2) is 37.7 Å². The smallest absolute Gasteiger partial charge is 0.119 e. The number of benzene rings is 2. The molecule has 0 amide bonds. The molecule has 1 aliphatic heterocycles. The number of hydrogen-bond acceptors (Lipinski definition) is 3. The van der Waals surface area contributed by atoms with Gasteiger partial charge in [-0.25, -0.2) is 0 Å². The van der Waals surface area contributed by atoms with Gasteiger partial charge in [-0.2, -0.15) is 0 Å². The summed E-state index contributed by atoms with van der Waals surface area (Å²) in [5.41, 5.74) is 3.47. The van der Waals surface area contributed by atoms with Gasteiger partial charge in [0.05, 0.1) is 6.04 Å². The lowest BCUT2D eigenvalue weighted by atomic mass is 9.89. The van der Waals surface area contributed by atoms with Crippen molar-refractivity contribution in [3.05, 3.63) is 63.1 Å². The lowest BCUT2D eigenvalue weighted by molar-refractivity contribution is 0.222. The van der Waals surface area contributed by atoms with Crippen molar-refractivity contribution in [2.75, 3.05) is 32.8 Å². The van der Waals surface area contributed by atoms with E-state index in [2.05, 4.69) is 36.2 Å². The van der Waals surface area contributed by atoms with Crippen molar-refractivity contribution in [2.45, 2.75) is 26.3 Å². The summed E-state index contributed by atoms with van der Waals surface area (Å²) in [7, 11) is 0. The highest BCUT2D eigenvalue weighted by atomic mass is 35.5. The number of ether oxygens (including phenoxy) is 1. The van der Waals surface area contributed by atoms with Crippen LogP contribution in [0.4, 0.5) is 0 Å². The fourth-order valence-corrected chi connectivity index (χ4v) is 4.12. The van der Waals surface area contributed by atoms with Crippen molar-refractivity contribution in [3.63, 3.8) is 0 Å². The topological polar surface area (TPSA) is 24.5 Å². The lowest BCUT2D eigenvalue weighted by Crippen LogP contribution is -2.31.